The van der Waals surface area contributed by atoms with E-state index in [9.17, 15) is 8.42 Å². The van der Waals surface area contributed by atoms with Gasteiger partial charge in [-0.2, -0.15) is 4.31 Å². The largest absolute Gasteiger partial charge is 0.380 e. The van der Waals surface area contributed by atoms with Crippen molar-refractivity contribution in [2.45, 2.75) is 18.2 Å². The van der Waals surface area contributed by atoms with Gasteiger partial charge in [0, 0.05) is 32.4 Å². The quantitative estimate of drug-likeness (QED) is 0.891. The minimum atomic E-state index is -3.45. The number of hydrogen-bond acceptors (Lipinski definition) is 5. The molecule has 0 radical (unpaired) electrons. The second-order valence-electron chi connectivity index (χ2n) is 4.28. The number of rotatable bonds is 4. The van der Waals surface area contributed by atoms with Crippen LogP contribution in [-0.2, 0) is 14.8 Å². The molecule has 7 heteroatoms. The Hall–Kier alpha value is -1.18. The van der Waals surface area contributed by atoms with Crippen LogP contribution < -0.4 is 5.32 Å². The lowest BCUT2D eigenvalue weighted by Crippen LogP contribution is -2.33. The summed E-state index contributed by atoms with van der Waals surface area (Å²) < 4.78 is 31.6. The lowest BCUT2D eigenvalue weighted by Gasteiger charge is -2.19. The van der Waals surface area contributed by atoms with Gasteiger partial charge in [-0.25, -0.2) is 13.4 Å². The normalized spacial score (nSPS) is 17.9. The van der Waals surface area contributed by atoms with Crippen LogP contribution in [0.1, 0.15) is 13.3 Å². The van der Waals surface area contributed by atoms with Crippen LogP contribution >= 0.6 is 0 Å². The molecule has 0 bridgehead atoms. The van der Waals surface area contributed by atoms with Crippen LogP contribution in [0.25, 0.3) is 0 Å². The molecule has 0 amide bonds. The summed E-state index contributed by atoms with van der Waals surface area (Å²) in [4.78, 5) is 4.34. The van der Waals surface area contributed by atoms with E-state index in [1.54, 1.807) is 12.1 Å². The minimum absolute atomic E-state index is 0.232. The first-order chi connectivity index (χ1) is 9.14. The zero-order chi connectivity index (χ0) is 13.7. The smallest absolute Gasteiger partial charge is 0.244 e. The Morgan fingerprint density at radius 1 is 1.37 bits per heavy atom. The number of nitrogens with zero attached hydrogens (tertiary/aromatic N) is 2. The van der Waals surface area contributed by atoms with Gasteiger partial charge in [-0.3, -0.25) is 0 Å². The maximum atomic E-state index is 12.4. The van der Waals surface area contributed by atoms with Gasteiger partial charge in [0.05, 0.1) is 6.61 Å². The number of anilines is 1. The summed E-state index contributed by atoms with van der Waals surface area (Å²) in [5.41, 5.74) is 0. The Labute approximate surface area is 113 Å². The molecule has 0 unspecified atom stereocenters. The third-order valence-electron chi connectivity index (χ3n) is 2.91. The molecule has 6 nitrogen and oxygen atoms in total. The van der Waals surface area contributed by atoms with Gasteiger partial charge in [-0.05, 0) is 25.5 Å². The maximum Gasteiger partial charge on any atom is 0.244 e. The van der Waals surface area contributed by atoms with Crippen molar-refractivity contribution < 1.29 is 13.2 Å². The first-order valence-electron chi connectivity index (χ1n) is 6.42. The molecule has 1 saturated heterocycles. The van der Waals surface area contributed by atoms with Gasteiger partial charge in [0.2, 0.25) is 10.0 Å². The molecule has 0 aromatic carbocycles. The lowest BCUT2D eigenvalue weighted by atomic mass is 10.4. The van der Waals surface area contributed by atoms with E-state index in [2.05, 4.69) is 10.3 Å². The molecular formula is C12H19N3O3S. The average Bonchev–Trinajstić information content (AvgIpc) is 2.69. The van der Waals surface area contributed by atoms with Crippen LogP contribution in [0.15, 0.2) is 23.2 Å². The Morgan fingerprint density at radius 2 is 2.21 bits per heavy atom. The molecular weight excluding hydrogens is 266 g/mol. The molecule has 1 aliphatic rings. The van der Waals surface area contributed by atoms with Crippen molar-refractivity contribution in [3.05, 3.63) is 18.3 Å². The highest BCUT2D eigenvalue weighted by Gasteiger charge is 2.25. The highest BCUT2D eigenvalue weighted by atomic mass is 32.2. The van der Waals surface area contributed by atoms with E-state index in [1.807, 2.05) is 6.92 Å². The fourth-order valence-corrected chi connectivity index (χ4v) is 3.34. The molecule has 2 heterocycles. The summed E-state index contributed by atoms with van der Waals surface area (Å²) in [6.07, 6.45) is 2.13. The van der Waals surface area contributed by atoms with Crippen LogP contribution in [0.3, 0.4) is 0 Å². The second kappa shape index (κ2) is 6.31. The summed E-state index contributed by atoms with van der Waals surface area (Å²) in [6.45, 7) is 4.67. The fourth-order valence-electron chi connectivity index (χ4n) is 1.93. The topological polar surface area (TPSA) is 71.5 Å². The van der Waals surface area contributed by atoms with Gasteiger partial charge < -0.3 is 10.1 Å². The SMILES string of the molecule is CCNc1ccc(S(=O)(=O)N2CCCOCC2)cn1. The van der Waals surface area contributed by atoms with Crippen LogP contribution in [0.2, 0.25) is 0 Å². The van der Waals surface area contributed by atoms with E-state index in [0.29, 0.717) is 32.1 Å². The van der Waals surface area contributed by atoms with Crippen molar-refractivity contribution in [1.82, 2.24) is 9.29 Å². The van der Waals surface area contributed by atoms with Crippen LogP contribution in [0.5, 0.6) is 0 Å². The number of sulfonamides is 1. The van der Waals surface area contributed by atoms with E-state index in [4.69, 9.17) is 4.74 Å². The molecule has 0 atom stereocenters. The monoisotopic (exact) mass is 285 g/mol. The minimum Gasteiger partial charge on any atom is -0.380 e. The number of aromatic nitrogens is 1. The Kier molecular flexibility index (Phi) is 4.73. The average molecular weight is 285 g/mol. The summed E-state index contributed by atoms with van der Waals surface area (Å²) in [5.74, 6) is 0.681. The molecule has 19 heavy (non-hydrogen) atoms. The number of nitrogens with one attached hydrogen (secondary N) is 1. The molecule has 1 N–H and O–H groups in total. The lowest BCUT2D eigenvalue weighted by molar-refractivity contribution is 0.148. The van der Waals surface area contributed by atoms with E-state index in [-0.39, 0.29) is 4.90 Å². The maximum absolute atomic E-state index is 12.4. The van der Waals surface area contributed by atoms with Crippen molar-refractivity contribution in [3.8, 4) is 0 Å². The molecule has 0 saturated carbocycles. The Morgan fingerprint density at radius 3 is 2.89 bits per heavy atom. The predicted molar refractivity (Wildman–Crippen MR) is 72.6 cm³/mol. The number of ether oxygens (including phenoxy) is 1. The van der Waals surface area contributed by atoms with Crippen molar-refractivity contribution in [3.63, 3.8) is 0 Å². The number of hydrogen-bond donors (Lipinski definition) is 1. The van der Waals surface area contributed by atoms with E-state index < -0.39 is 10.0 Å². The van der Waals surface area contributed by atoms with E-state index in [1.165, 1.54) is 10.5 Å². The highest BCUT2D eigenvalue weighted by Crippen LogP contribution is 2.17. The van der Waals surface area contributed by atoms with Crippen molar-refractivity contribution in [2.75, 3.05) is 38.2 Å². The molecule has 1 aromatic heterocycles. The predicted octanol–water partition coefficient (Wildman–Crippen LogP) is 0.924. The third kappa shape index (κ3) is 3.43. The summed E-state index contributed by atoms with van der Waals surface area (Å²) in [5, 5.41) is 3.04. The third-order valence-corrected chi connectivity index (χ3v) is 4.80. The molecule has 0 aliphatic carbocycles. The molecule has 2 rings (SSSR count). The Balaban J connectivity index is 2.18. The van der Waals surface area contributed by atoms with E-state index in [0.717, 1.165) is 13.0 Å². The Bertz CT molecular complexity index is 493. The van der Waals surface area contributed by atoms with Gasteiger partial charge in [-0.1, -0.05) is 0 Å². The van der Waals surface area contributed by atoms with Crippen LogP contribution in [-0.4, -0.2) is 50.6 Å². The van der Waals surface area contributed by atoms with Crippen LogP contribution in [0.4, 0.5) is 5.82 Å². The van der Waals surface area contributed by atoms with Gasteiger partial charge in [0.25, 0.3) is 0 Å². The van der Waals surface area contributed by atoms with Gasteiger partial charge in [0.1, 0.15) is 10.7 Å². The molecule has 0 spiro atoms. The zero-order valence-corrected chi connectivity index (χ0v) is 11.8. The van der Waals surface area contributed by atoms with Crippen molar-refractivity contribution in [2.24, 2.45) is 0 Å². The van der Waals surface area contributed by atoms with Gasteiger partial charge in [-0.15, -0.1) is 0 Å². The first-order valence-corrected chi connectivity index (χ1v) is 7.86. The fraction of sp³-hybridized carbons (Fsp3) is 0.583. The highest BCUT2D eigenvalue weighted by molar-refractivity contribution is 7.89. The molecule has 1 aromatic rings. The van der Waals surface area contributed by atoms with Gasteiger partial charge in [0.15, 0.2) is 0 Å². The first kappa shape index (κ1) is 14.2. The molecule has 1 fully saturated rings. The standard InChI is InChI=1S/C12H19N3O3S/c1-2-13-12-5-4-11(10-14-12)19(16,17)15-6-3-8-18-9-7-15/h4-5,10H,2-3,6-9H2,1H3,(H,13,14). The zero-order valence-electron chi connectivity index (χ0n) is 11.0. The second-order valence-corrected chi connectivity index (χ2v) is 6.22. The van der Waals surface area contributed by atoms with Crippen molar-refractivity contribution in [1.29, 1.82) is 0 Å². The molecule has 106 valence electrons. The van der Waals surface area contributed by atoms with E-state index >= 15 is 0 Å². The summed E-state index contributed by atoms with van der Waals surface area (Å²) in [6, 6.07) is 3.27. The van der Waals surface area contributed by atoms with Crippen LogP contribution in [0, 0.1) is 0 Å². The summed E-state index contributed by atoms with van der Waals surface area (Å²) in [7, 11) is -3.45. The van der Waals surface area contributed by atoms with Crippen molar-refractivity contribution >= 4 is 15.8 Å². The molecule has 1 aliphatic heterocycles. The number of pyridine rings is 1. The van der Waals surface area contributed by atoms with Gasteiger partial charge >= 0.3 is 0 Å². The summed E-state index contributed by atoms with van der Waals surface area (Å²) >= 11 is 0.